The van der Waals surface area contributed by atoms with E-state index in [1.54, 1.807) is 18.3 Å². The van der Waals surface area contributed by atoms with Crippen LogP contribution in [0.3, 0.4) is 0 Å². The number of H-pyrrole nitrogens is 1. The van der Waals surface area contributed by atoms with Crippen molar-refractivity contribution in [3.05, 3.63) is 48.0 Å². The van der Waals surface area contributed by atoms with Crippen LogP contribution < -0.4 is 5.32 Å². The molecule has 1 aliphatic heterocycles. The van der Waals surface area contributed by atoms with Crippen molar-refractivity contribution in [2.45, 2.75) is 0 Å². The minimum Gasteiger partial charge on any atom is -0.362 e. The van der Waals surface area contributed by atoms with Gasteiger partial charge in [-0.25, -0.2) is 0 Å². The molecule has 0 aromatic carbocycles. The Hall–Kier alpha value is -2.36. The SMILES string of the molecule is O=C1Nc2cccnc2/C1=C\c1ccc[nH]1. The quantitative estimate of drug-likeness (QED) is 0.708. The number of carbonyl (C=O) groups is 1. The number of aromatic nitrogens is 2. The van der Waals surface area contributed by atoms with Gasteiger partial charge in [-0.1, -0.05) is 0 Å². The molecule has 2 aromatic rings. The van der Waals surface area contributed by atoms with Gasteiger partial charge in [-0.3, -0.25) is 9.78 Å². The standard InChI is InChI=1S/C12H9N3O/c16-12-9(7-8-3-1-5-13-8)11-10(15-12)4-2-6-14-11/h1-7,13H,(H,15,16)/b9-7+. The first kappa shape index (κ1) is 8.91. The normalized spacial score (nSPS) is 16.2. The zero-order valence-electron chi connectivity index (χ0n) is 8.40. The van der Waals surface area contributed by atoms with Crippen LogP contribution in [0.2, 0.25) is 0 Å². The molecule has 0 fully saturated rings. The summed E-state index contributed by atoms with van der Waals surface area (Å²) < 4.78 is 0. The molecule has 0 aliphatic carbocycles. The Morgan fingerprint density at radius 1 is 1.25 bits per heavy atom. The second-order valence-corrected chi connectivity index (χ2v) is 3.54. The topological polar surface area (TPSA) is 57.8 Å². The van der Waals surface area contributed by atoms with Crippen molar-refractivity contribution in [2.24, 2.45) is 0 Å². The summed E-state index contributed by atoms with van der Waals surface area (Å²) in [6, 6.07) is 7.44. The third-order valence-electron chi connectivity index (χ3n) is 2.48. The highest BCUT2D eigenvalue weighted by Gasteiger charge is 2.24. The van der Waals surface area contributed by atoms with Gasteiger partial charge in [-0.2, -0.15) is 0 Å². The summed E-state index contributed by atoms with van der Waals surface area (Å²) in [6.07, 6.45) is 5.30. The number of fused-ring (bicyclic) bond motifs is 1. The molecule has 0 saturated carbocycles. The van der Waals surface area contributed by atoms with Gasteiger partial charge in [0, 0.05) is 18.1 Å². The van der Waals surface area contributed by atoms with Crippen molar-refractivity contribution >= 4 is 23.2 Å². The van der Waals surface area contributed by atoms with E-state index in [0.29, 0.717) is 11.3 Å². The lowest BCUT2D eigenvalue weighted by Gasteiger charge is -1.94. The number of anilines is 1. The summed E-state index contributed by atoms with van der Waals surface area (Å²) in [7, 11) is 0. The van der Waals surface area contributed by atoms with Crippen LogP contribution in [0.15, 0.2) is 36.7 Å². The second kappa shape index (κ2) is 3.34. The summed E-state index contributed by atoms with van der Waals surface area (Å²) in [6.45, 7) is 0. The Labute approximate surface area is 92.0 Å². The van der Waals surface area contributed by atoms with Gasteiger partial charge >= 0.3 is 0 Å². The van der Waals surface area contributed by atoms with Gasteiger partial charge in [0.1, 0.15) is 0 Å². The van der Waals surface area contributed by atoms with Crippen LogP contribution in [-0.2, 0) is 4.79 Å². The number of nitrogens with one attached hydrogen (secondary N) is 2. The summed E-state index contributed by atoms with van der Waals surface area (Å²) in [5, 5.41) is 2.78. The van der Waals surface area contributed by atoms with Crippen LogP contribution in [0, 0.1) is 0 Å². The van der Waals surface area contributed by atoms with E-state index in [4.69, 9.17) is 0 Å². The maximum Gasteiger partial charge on any atom is 0.258 e. The number of pyridine rings is 1. The third kappa shape index (κ3) is 1.32. The van der Waals surface area contributed by atoms with E-state index in [9.17, 15) is 4.79 Å². The molecule has 0 radical (unpaired) electrons. The summed E-state index contributed by atoms with van der Waals surface area (Å²) in [5.74, 6) is -0.108. The van der Waals surface area contributed by atoms with Gasteiger partial charge in [0.15, 0.2) is 0 Å². The fourth-order valence-electron chi connectivity index (χ4n) is 1.74. The Kier molecular flexibility index (Phi) is 1.86. The van der Waals surface area contributed by atoms with Gasteiger partial charge in [-0.05, 0) is 30.3 Å². The monoisotopic (exact) mass is 211 g/mol. The number of aromatic amines is 1. The zero-order valence-corrected chi connectivity index (χ0v) is 8.40. The highest BCUT2D eigenvalue weighted by molar-refractivity contribution is 6.34. The molecule has 1 aliphatic rings. The first-order chi connectivity index (χ1) is 7.84. The predicted molar refractivity (Wildman–Crippen MR) is 61.5 cm³/mol. The van der Waals surface area contributed by atoms with Crippen molar-refractivity contribution < 1.29 is 4.79 Å². The maximum absolute atomic E-state index is 11.7. The van der Waals surface area contributed by atoms with Crippen LogP contribution in [-0.4, -0.2) is 15.9 Å². The van der Waals surface area contributed by atoms with Gasteiger partial charge < -0.3 is 10.3 Å². The summed E-state index contributed by atoms with van der Waals surface area (Å²) >= 11 is 0. The fourth-order valence-corrected chi connectivity index (χ4v) is 1.74. The van der Waals surface area contributed by atoms with Crippen LogP contribution >= 0.6 is 0 Å². The number of rotatable bonds is 1. The fraction of sp³-hybridized carbons (Fsp3) is 0. The van der Waals surface area contributed by atoms with E-state index in [2.05, 4.69) is 15.3 Å². The molecule has 1 amide bonds. The zero-order chi connectivity index (χ0) is 11.0. The first-order valence-corrected chi connectivity index (χ1v) is 4.96. The van der Waals surface area contributed by atoms with Crippen LogP contribution in [0.1, 0.15) is 11.4 Å². The molecule has 0 saturated heterocycles. The van der Waals surface area contributed by atoms with Gasteiger partial charge in [0.25, 0.3) is 5.91 Å². The Morgan fingerprint density at radius 2 is 2.19 bits per heavy atom. The highest BCUT2D eigenvalue weighted by Crippen LogP contribution is 2.30. The van der Waals surface area contributed by atoms with Gasteiger partial charge in [-0.15, -0.1) is 0 Å². The molecular formula is C12H9N3O. The molecule has 78 valence electrons. The smallest absolute Gasteiger partial charge is 0.258 e. The van der Waals surface area contributed by atoms with Crippen molar-refractivity contribution in [1.29, 1.82) is 0 Å². The molecule has 3 rings (SSSR count). The van der Waals surface area contributed by atoms with Gasteiger partial charge in [0.2, 0.25) is 0 Å². The lowest BCUT2D eigenvalue weighted by molar-refractivity contribution is -0.110. The van der Waals surface area contributed by atoms with Crippen molar-refractivity contribution in [2.75, 3.05) is 5.32 Å². The van der Waals surface area contributed by atoms with E-state index in [1.807, 2.05) is 24.4 Å². The molecule has 0 bridgehead atoms. The molecule has 0 spiro atoms. The second-order valence-electron chi connectivity index (χ2n) is 3.54. The molecule has 16 heavy (non-hydrogen) atoms. The van der Waals surface area contributed by atoms with E-state index < -0.39 is 0 Å². The molecular weight excluding hydrogens is 202 g/mol. The number of carbonyl (C=O) groups excluding carboxylic acids is 1. The number of amides is 1. The Bertz CT molecular complexity index is 570. The van der Waals surface area contributed by atoms with Crippen molar-refractivity contribution in [3.63, 3.8) is 0 Å². The van der Waals surface area contributed by atoms with Crippen LogP contribution in [0.4, 0.5) is 5.69 Å². The van der Waals surface area contributed by atoms with Crippen molar-refractivity contribution in [3.8, 4) is 0 Å². The van der Waals surface area contributed by atoms with E-state index >= 15 is 0 Å². The molecule has 2 aromatic heterocycles. The lowest BCUT2D eigenvalue weighted by Crippen LogP contribution is -2.03. The molecule has 2 N–H and O–H groups in total. The highest BCUT2D eigenvalue weighted by atomic mass is 16.2. The minimum atomic E-state index is -0.108. The third-order valence-corrected chi connectivity index (χ3v) is 2.48. The van der Waals surface area contributed by atoms with Crippen LogP contribution in [0.25, 0.3) is 11.6 Å². The predicted octanol–water partition coefficient (Wildman–Crippen LogP) is 1.90. The summed E-state index contributed by atoms with van der Waals surface area (Å²) in [4.78, 5) is 19.0. The number of hydrogen-bond acceptors (Lipinski definition) is 2. The van der Waals surface area contributed by atoms with Crippen molar-refractivity contribution in [1.82, 2.24) is 9.97 Å². The molecule has 4 nitrogen and oxygen atoms in total. The number of hydrogen-bond donors (Lipinski definition) is 2. The molecule has 0 unspecified atom stereocenters. The molecule has 4 heteroatoms. The Morgan fingerprint density at radius 3 is 3.00 bits per heavy atom. The van der Waals surface area contributed by atoms with E-state index in [1.165, 1.54) is 0 Å². The molecule has 3 heterocycles. The molecule has 0 atom stereocenters. The van der Waals surface area contributed by atoms with E-state index in [0.717, 1.165) is 11.4 Å². The van der Waals surface area contributed by atoms with E-state index in [-0.39, 0.29) is 5.91 Å². The Balaban J connectivity index is 2.12. The largest absolute Gasteiger partial charge is 0.362 e. The lowest BCUT2D eigenvalue weighted by atomic mass is 10.1. The number of nitrogens with zero attached hydrogens (tertiary/aromatic N) is 1. The maximum atomic E-state index is 11.7. The first-order valence-electron chi connectivity index (χ1n) is 4.96. The average molecular weight is 211 g/mol. The summed E-state index contributed by atoms with van der Waals surface area (Å²) in [5.41, 5.74) is 2.97. The van der Waals surface area contributed by atoms with Gasteiger partial charge in [0.05, 0.1) is 17.0 Å². The average Bonchev–Trinajstić information content (AvgIpc) is 2.89. The minimum absolute atomic E-state index is 0.108. The van der Waals surface area contributed by atoms with Crippen LogP contribution in [0.5, 0.6) is 0 Å².